The largest absolute Gasteiger partial charge is 0.354 e. The Balaban J connectivity index is 0.000000465. The molecule has 2 nitrogen and oxygen atoms in total. The van der Waals surface area contributed by atoms with Gasteiger partial charge >= 0.3 is 0 Å². The van der Waals surface area contributed by atoms with Crippen molar-refractivity contribution in [1.82, 2.24) is 4.98 Å². The molecule has 0 bridgehead atoms. The molecular formula is C35H40N2. The Kier molecular flexibility index (Phi) is 11.7. The Bertz CT molecular complexity index is 1430. The molecule has 0 aliphatic rings. The number of rotatable bonds is 7. The molecule has 2 heteroatoms. The lowest BCUT2D eigenvalue weighted by Crippen LogP contribution is -2.09. The van der Waals surface area contributed by atoms with E-state index in [9.17, 15) is 0 Å². The minimum Gasteiger partial charge on any atom is -0.354 e. The average molecular weight is 489 g/mol. The molecule has 37 heavy (non-hydrogen) atoms. The molecule has 0 atom stereocenters. The summed E-state index contributed by atoms with van der Waals surface area (Å²) >= 11 is 0. The van der Waals surface area contributed by atoms with Crippen molar-refractivity contribution in [3.8, 4) is 11.1 Å². The molecule has 190 valence electrons. The highest BCUT2D eigenvalue weighted by Gasteiger charge is 2.11. The molecule has 1 N–H and O–H groups in total. The highest BCUT2D eigenvalue weighted by atomic mass is 15.1. The van der Waals surface area contributed by atoms with Gasteiger partial charge in [-0.15, -0.1) is 0 Å². The monoisotopic (exact) mass is 488 g/mol. The molecule has 1 heterocycles. The first-order valence-electron chi connectivity index (χ1n) is 12.8. The second kappa shape index (κ2) is 15.0. The number of benzene rings is 3. The fourth-order valence-corrected chi connectivity index (χ4v) is 3.96. The van der Waals surface area contributed by atoms with Crippen molar-refractivity contribution >= 4 is 33.1 Å². The van der Waals surface area contributed by atoms with Crippen LogP contribution in [0.5, 0.6) is 0 Å². The highest BCUT2D eigenvalue weighted by molar-refractivity contribution is 6.08. The molecule has 0 unspecified atom stereocenters. The van der Waals surface area contributed by atoms with Gasteiger partial charge < -0.3 is 9.88 Å². The van der Waals surface area contributed by atoms with Crippen LogP contribution >= 0.6 is 0 Å². The van der Waals surface area contributed by atoms with E-state index in [0.717, 1.165) is 22.3 Å². The van der Waals surface area contributed by atoms with Crippen molar-refractivity contribution in [2.45, 2.75) is 27.7 Å². The number of allylic oxidation sites excluding steroid dienone is 8. The van der Waals surface area contributed by atoms with E-state index in [1.165, 1.54) is 27.4 Å². The predicted octanol–water partition coefficient (Wildman–Crippen LogP) is 10.5. The summed E-state index contributed by atoms with van der Waals surface area (Å²) in [6, 6.07) is 21.5. The van der Waals surface area contributed by atoms with Crippen molar-refractivity contribution in [2.24, 2.45) is 0 Å². The average Bonchev–Trinajstić information content (AvgIpc) is 3.32. The number of para-hydroxylation sites is 1. The Morgan fingerprint density at radius 2 is 1.46 bits per heavy atom. The number of fused-ring (bicyclic) bond motifs is 3. The Morgan fingerprint density at radius 1 is 0.784 bits per heavy atom. The molecule has 3 aromatic carbocycles. The summed E-state index contributed by atoms with van der Waals surface area (Å²) in [5.41, 5.74) is 7.85. The zero-order chi connectivity index (χ0) is 27.2. The molecular weight excluding hydrogens is 448 g/mol. The van der Waals surface area contributed by atoms with E-state index in [4.69, 9.17) is 0 Å². The minimum absolute atomic E-state index is 0.986. The van der Waals surface area contributed by atoms with Gasteiger partial charge in [-0.2, -0.15) is 0 Å². The van der Waals surface area contributed by atoms with Crippen molar-refractivity contribution in [2.75, 3.05) is 11.9 Å². The third-order valence-corrected chi connectivity index (χ3v) is 5.75. The van der Waals surface area contributed by atoms with Crippen LogP contribution in [0.3, 0.4) is 0 Å². The summed E-state index contributed by atoms with van der Waals surface area (Å²) in [5.74, 6) is 0. The fraction of sp³-hybridized carbons (Fsp3) is 0.143. The molecule has 0 aliphatic heterocycles. The van der Waals surface area contributed by atoms with Crippen LogP contribution in [0.4, 0.5) is 5.69 Å². The number of hydrogen-bond acceptors (Lipinski definition) is 1. The van der Waals surface area contributed by atoms with Gasteiger partial charge in [-0.05, 0) is 61.0 Å². The van der Waals surface area contributed by atoms with Gasteiger partial charge in [0.1, 0.15) is 0 Å². The van der Waals surface area contributed by atoms with Gasteiger partial charge in [0.25, 0.3) is 0 Å². The Morgan fingerprint density at radius 3 is 2.14 bits per heavy atom. The normalized spacial score (nSPS) is 10.8. The van der Waals surface area contributed by atoms with Gasteiger partial charge in [0.15, 0.2) is 0 Å². The van der Waals surface area contributed by atoms with E-state index < -0.39 is 0 Å². The first-order chi connectivity index (χ1) is 18.0. The summed E-state index contributed by atoms with van der Waals surface area (Å²) in [7, 11) is 2.00. The van der Waals surface area contributed by atoms with Crippen LogP contribution in [-0.2, 0) is 0 Å². The summed E-state index contributed by atoms with van der Waals surface area (Å²) < 4.78 is 0. The summed E-state index contributed by atoms with van der Waals surface area (Å²) in [4.78, 5) is 5.56. The topological polar surface area (TPSA) is 19.0 Å². The standard InChI is InChI=1S/C26H24N2.C7H10.C2H6/c1-5-9-18(3)23-16-19(13-15-26(23)28(4)6-2)20-12-14-22-21-10-7-8-11-24(21)27-25(22)17-20;1-3-5-7-6-4-2;1-2/h5-17,27H,2-3H2,1,4H3;3-7H,1H2,2H3;1-2H3/b9-5-;6-4-,7-5-;. The molecule has 1 aromatic heterocycles. The zero-order valence-corrected chi connectivity index (χ0v) is 23.0. The van der Waals surface area contributed by atoms with Crippen LogP contribution in [0.25, 0.3) is 38.5 Å². The zero-order valence-electron chi connectivity index (χ0n) is 23.0. The van der Waals surface area contributed by atoms with Gasteiger partial charge in [-0.1, -0.05) is 113 Å². The molecule has 4 rings (SSSR count). The number of hydrogen-bond donors (Lipinski definition) is 1. The van der Waals surface area contributed by atoms with E-state index in [0.29, 0.717) is 0 Å². The van der Waals surface area contributed by atoms with E-state index in [1.807, 2.05) is 82.3 Å². The molecule has 0 radical (unpaired) electrons. The van der Waals surface area contributed by atoms with Crippen LogP contribution in [0.2, 0.25) is 0 Å². The first-order valence-corrected chi connectivity index (χ1v) is 12.8. The SMILES string of the molecule is C=C/C=C\C=C/C.C=CN(C)c1ccc(-c2ccc3c(c2)[nH]c2ccccc23)cc1C(=C)/C=C\C.CC. The van der Waals surface area contributed by atoms with Crippen LogP contribution in [0.15, 0.2) is 129 Å². The number of nitrogens with zero attached hydrogens (tertiary/aromatic N) is 1. The third kappa shape index (κ3) is 7.35. The van der Waals surface area contributed by atoms with Gasteiger partial charge in [-0.3, -0.25) is 0 Å². The van der Waals surface area contributed by atoms with E-state index >= 15 is 0 Å². The summed E-state index contributed by atoms with van der Waals surface area (Å²) in [6.07, 6.45) is 15.4. The van der Waals surface area contributed by atoms with Crippen molar-refractivity contribution < 1.29 is 0 Å². The molecule has 0 fully saturated rings. The number of aromatic amines is 1. The first kappa shape index (κ1) is 28.9. The smallest absolute Gasteiger partial charge is 0.0483 e. The van der Waals surface area contributed by atoms with E-state index in [-0.39, 0.29) is 0 Å². The quantitative estimate of drug-likeness (QED) is 0.256. The maximum Gasteiger partial charge on any atom is 0.0483 e. The summed E-state index contributed by atoms with van der Waals surface area (Å²) in [5, 5.41) is 2.51. The maximum absolute atomic E-state index is 4.25. The van der Waals surface area contributed by atoms with Crippen LogP contribution in [0.1, 0.15) is 33.3 Å². The number of anilines is 1. The van der Waals surface area contributed by atoms with Crippen LogP contribution in [-0.4, -0.2) is 12.0 Å². The molecule has 0 spiro atoms. The molecule has 0 amide bonds. The minimum atomic E-state index is 0.986. The van der Waals surface area contributed by atoms with Crippen LogP contribution < -0.4 is 4.90 Å². The Labute approximate surface area is 223 Å². The lowest BCUT2D eigenvalue weighted by Gasteiger charge is -2.20. The second-order valence-corrected chi connectivity index (χ2v) is 8.13. The lowest BCUT2D eigenvalue weighted by molar-refractivity contribution is 1.20. The lowest BCUT2D eigenvalue weighted by atomic mass is 9.96. The Hall–Kier alpha value is -4.30. The third-order valence-electron chi connectivity index (χ3n) is 5.75. The van der Waals surface area contributed by atoms with Crippen molar-refractivity contribution in [3.05, 3.63) is 135 Å². The highest BCUT2D eigenvalue weighted by Crippen LogP contribution is 2.34. The van der Waals surface area contributed by atoms with Gasteiger partial charge in [-0.25, -0.2) is 0 Å². The van der Waals surface area contributed by atoms with E-state index in [1.54, 1.807) is 6.08 Å². The van der Waals surface area contributed by atoms with E-state index in [2.05, 4.69) is 85.4 Å². The second-order valence-electron chi connectivity index (χ2n) is 8.13. The molecule has 0 aliphatic carbocycles. The fourth-order valence-electron chi connectivity index (χ4n) is 3.96. The van der Waals surface area contributed by atoms with Gasteiger partial charge in [0.2, 0.25) is 0 Å². The number of H-pyrrole nitrogens is 1. The number of aromatic nitrogens is 1. The van der Waals surface area contributed by atoms with Crippen molar-refractivity contribution in [3.63, 3.8) is 0 Å². The number of nitrogens with one attached hydrogen (secondary N) is 1. The van der Waals surface area contributed by atoms with Crippen LogP contribution in [0, 0.1) is 0 Å². The summed E-state index contributed by atoms with van der Waals surface area (Å²) in [6.45, 7) is 19.6. The van der Waals surface area contributed by atoms with Gasteiger partial charge in [0, 0.05) is 40.1 Å². The maximum atomic E-state index is 4.25. The van der Waals surface area contributed by atoms with Crippen molar-refractivity contribution in [1.29, 1.82) is 0 Å². The molecule has 0 saturated heterocycles. The van der Waals surface area contributed by atoms with Gasteiger partial charge in [0.05, 0.1) is 0 Å². The predicted molar refractivity (Wildman–Crippen MR) is 169 cm³/mol. The molecule has 4 aromatic rings. The molecule has 0 saturated carbocycles.